The molecule has 23 heavy (non-hydrogen) atoms. The summed E-state index contributed by atoms with van der Waals surface area (Å²) in [5.74, 6) is 1.12. The van der Waals surface area contributed by atoms with Gasteiger partial charge in [0.25, 0.3) is 0 Å². The van der Waals surface area contributed by atoms with E-state index in [4.69, 9.17) is 9.47 Å². The Kier molecular flexibility index (Phi) is 5.81. The monoisotopic (exact) mass is 322 g/mol. The number of benzene rings is 1. The Morgan fingerprint density at radius 3 is 2.70 bits per heavy atom. The van der Waals surface area contributed by atoms with Gasteiger partial charge in [-0.15, -0.1) is 0 Å². The van der Waals surface area contributed by atoms with Gasteiger partial charge in [0.1, 0.15) is 11.5 Å². The minimum absolute atomic E-state index is 0.0449. The summed E-state index contributed by atoms with van der Waals surface area (Å²) in [4.78, 5) is 25.1. The molecule has 0 bridgehead atoms. The zero-order valence-electron chi connectivity index (χ0n) is 13.6. The molecule has 2 rings (SSSR count). The Labute approximate surface area is 135 Å². The maximum atomic E-state index is 11.9. The fourth-order valence-corrected chi connectivity index (χ4v) is 2.86. The Morgan fingerprint density at radius 2 is 2.04 bits per heavy atom. The minimum atomic E-state index is -0.746. The van der Waals surface area contributed by atoms with Crippen molar-refractivity contribution in [2.45, 2.75) is 18.9 Å². The molecular formula is C16H22N2O5. The molecule has 1 saturated heterocycles. The van der Waals surface area contributed by atoms with E-state index < -0.39 is 6.09 Å². The summed E-state index contributed by atoms with van der Waals surface area (Å²) >= 11 is 0. The maximum absolute atomic E-state index is 11.9. The molecule has 1 aromatic rings. The summed E-state index contributed by atoms with van der Waals surface area (Å²) in [6.45, 7) is 0.903. The molecule has 1 aliphatic heterocycles. The molecule has 1 fully saturated rings. The molecule has 7 nitrogen and oxygen atoms in total. The lowest BCUT2D eigenvalue weighted by Gasteiger charge is -2.25. The lowest BCUT2D eigenvalue weighted by Crippen LogP contribution is -2.39. The van der Waals surface area contributed by atoms with Gasteiger partial charge >= 0.3 is 6.09 Å². The van der Waals surface area contributed by atoms with Crippen LogP contribution in [-0.4, -0.2) is 51.3 Å². The summed E-state index contributed by atoms with van der Waals surface area (Å²) in [5, 5.41) is 2.18. The van der Waals surface area contributed by atoms with Crippen molar-refractivity contribution in [3.8, 4) is 11.5 Å². The van der Waals surface area contributed by atoms with E-state index in [1.807, 2.05) is 23.1 Å². The standard InChI is InChI=1S/C16H22N2O5/c1-21-11-6-7-14(22-2)12(9-11)13-5-4-8-18(13)10-15(19)17-16(20)23-3/h6-7,9,13H,4-5,8,10H2,1-3H3,(H,17,19,20)/t13-/m1/s1. The number of ether oxygens (including phenoxy) is 3. The summed E-state index contributed by atoms with van der Waals surface area (Å²) in [5.41, 5.74) is 0.982. The largest absolute Gasteiger partial charge is 0.497 e. The van der Waals surface area contributed by atoms with Crippen molar-refractivity contribution in [2.24, 2.45) is 0 Å². The van der Waals surface area contributed by atoms with Gasteiger partial charge in [0.05, 0.1) is 27.9 Å². The van der Waals surface area contributed by atoms with E-state index in [0.717, 1.165) is 36.4 Å². The average Bonchev–Trinajstić information content (AvgIpc) is 3.01. The van der Waals surface area contributed by atoms with Gasteiger partial charge in [-0.05, 0) is 37.6 Å². The fraction of sp³-hybridized carbons (Fsp3) is 0.500. The summed E-state index contributed by atoms with van der Waals surface area (Å²) in [6, 6.07) is 5.67. The number of methoxy groups -OCH3 is 3. The number of alkyl carbamates (subject to hydrolysis) is 1. The van der Waals surface area contributed by atoms with E-state index >= 15 is 0 Å². The Balaban J connectivity index is 2.15. The van der Waals surface area contributed by atoms with E-state index in [1.165, 1.54) is 7.11 Å². The lowest BCUT2D eigenvalue weighted by molar-refractivity contribution is -0.121. The predicted octanol–water partition coefficient (Wildman–Crippen LogP) is 1.72. The van der Waals surface area contributed by atoms with Crippen LogP contribution in [0, 0.1) is 0 Å². The molecule has 0 radical (unpaired) electrons. The maximum Gasteiger partial charge on any atom is 0.413 e. The van der Waals surface area contributed by atoms with E-state index in [0.29, 0.717) is 0 Å². The van der Waals surface area contributed by atoms with Crippen molar-refractivity contribution < 1.29 is 23.8 Å². The minimum Gasteiger partial charge on any atom is -0.497 e. The molecule has 1 aliphatic rings. The smallest absolute Gasteiger partial charge is 0.413 e. The van der Waals surface area contributed by atoms with Crippen LogP contribution >= 0.6 is 0 Å². The molecular weight excluding hydrogens is 300 g/mol. The molecule has 1 atom stereocenters. The van der Waals surface area contributed by atoms with Crippen LogP contribution in [0.5, 0.6) is 11.5 Å². The number of imide groups is 1. The number of hydrogen-bond acceptors (Lipinski definition) is 6. The summed E-state index contributed by atoms with van der Waals surface area (Å²) < 4.78 is 15.2. The van der Waals surface area contributed by atoms with Crippen molar-refractivity contribution >= 4 is 12.0 Å². The van der Waals surface area contributed by atoms with Gasteiger partial charge in [0.15, 0.2) is 0 Å². The Morgan fingerprint density at radius 1 is 1.26 bits per heavy atom. The number of carbonyl (C=O) groups is 2. The van der Waals surface area contributed by atoms with Crippen LogP contribution in [0.4, 0.5) is 4.79 Å². The Hall–Kier alpha value is -2.28. The van der Waals surface area contributed by atoms with Crippen molar-refractivity contribution in [3.63, 3.8) is 0 Å². The van der Waals surface area contributed by atoms with Crippen LogP contribution in [0.15, 0.2) is 18.2 Å². The first kappa shape index (κ1) is 17.1. The van der Waals surface area contributed by atoms with Crippen LogP contribution in [0.25, 0.3) is 0 Å². The van der Waals surface area contributed by atoms with E-state index in [9.17, 15) is 9.59 Å². The van der Waals surface area contributed by atoms with Crippen LogP contribution in [0.3, 0.4) is 0 Å². The molecule has 0 unspecified atom stereocenters. The van der Waals surface area contributed by atoms with E-state index in [2.05, 4.69) is 10.1 Å². The second kappa shape index (κ2) is 7.82. The number of rotatable bonds is 5. The van der Waals surface area contributed by atoms with Gasteiger partial charge in [0, 0.05) is 11.6 Å². The highest BCUT2D eigenvalue weighted by Gasteiger charge is 2.30. The van der Waals surface area contributed by atoms with Crippen LogP contribution in [0.2, 0.25) is 0 Å². The quantitative estimate of drug-likeness (QED) is 0.889. The van der Waals surface area contributed by atoms with Crippen LogP contribution in [-0.2, 0) is 9.53 Å². The molecule has 126 valence electrons. The van der Waals surface area contributed by atoms with Gasteiger partial charge in [-0.3, -0.25) is 15.0 Å². The summed E-state index contributed by atoms with van der Waals surface area (Å²) in [6.07, 6.45) is 1.13. The topological polar surface area (TPSA) is 77.1 Å². The number of amides is 2. The van der Waals surface area contributed by atoms with E-state index in [1.54, 1.807) is 14.2 Å². The third-order valence-corrected chi connectivity index (χ3v) is 3.93. The fourth-order valence-electron chi connectivity index (χ4n) is 2.86. The average molecular weight is 322 g/mol. The summed E-state index contributed by atoms with van der Waals surface area (Å²) in [7, 11) is 4.46. The zero-order chi connectivity index (χ0) is 16.8. The highest BCUT2D eigenvalue weighted by molar-refractivity contribution is 5.92. The molecule has 0 aromatic heterocycles. The Bertz CT molecular complexity index is 576. The van der Waals surface area contributed by atoms with E-state index in [-0.39, 0.29) is 18.5 Å². The molecule has 2 amide bonds. The van der Waals surface area contributed by atoms with Gasteiger partial charge in [-0.2, -0.15) is 0 Å². The lowest BCUT2D eigenvalue weighted by atomic mass is 10.0. The first-order chi connectivity index (χ1) is 11.1. The number of hydrogen-bond donors (Lipinski definition) is 1. The van der Waals surface area contributed by atoms with Gasteiger partial charge in [-0.1, -0.05) is 0 Å². The molecule has 0 aliphatic carbocycles. The third kappa shape index (κ3) is 4.13. The first-order valence-corrected chi connectivity index (χ1v) is 7.42. The molecule has 7 heteroatoms. The zero-order valence-corrected chi connectivity index (χ0v) is 13.6. The predicted molar refractivity (Wildman–Crippen MR) is 83.6 cm³/mol. The highest BCUT2D eigenvalue weighted by atomic mass is 16.5. The number of carbonyl (C=O) groups excluding carboxylic acids is 2. The second-order valence-electron chi connectivity index (χ2n) is 5.28. The molecule has 1 N–H and O–H groups in total. The number of likely N-dealkylation sites (tertiary alicyclic amines) is 1. The van der Waals surface area contributed by atoms with Crippen molar-refractivity contribution in [2.75, 3.05) is 34.4 Å². The van der Waals surface area contributed by atoms with Gasteiger partial charge < -0.3 is 14.2 Å². The molecule has 0 saturated carbocycles. The number of nitrogens with zero attached hydrogens (tertiary/aromatic N) is 1. The van der Waals surface area contributed by atoms with Gasteiger partial charge in [-0.25, -0.2) is 4.79 Å². The van der Waals surface area contributed by atoms with Crippen LogP contribution in [0.1, 0.15) is 24.4 Å². The van der Waals surface area contributed by atoms with Crippen molar-refractivity contribution in [1.82, 2.24) is 10.2 Å². The molecule has 1 aromatic carbocycles. The van der Waals surface area contributed by atoms with Crippen molar-refractivity contribution in [1.29, 1.82) is 0 Å². The normalized spacial score (nSPS) is 17.6. The van der Waals surface area contributed by atoms with Gasteiger partial charge in [0.2, 0.25) is 5.91 Å². The third-order valence-electron chi connectivity index (χ3n) is 3.93. The highest BCUT2D eigenvalue weighted by Crippen LogP contribution is 2.38. The first-order valence-electron chi connectivity index (χ1n) is 7.42. The molecule has 0 spiro atoms. The molecule has 1 heterocycles. The number of nitrogens with one attached hydrogen (secondary N) is 1. The SMILES string of the molecule is COC(=O)NC(=O)CN1CCC[C@@H]1c1cc(OC)ccc1OC. The van der Waals surface area contributed by atoms with Crippen LogP contribution < -0.4 is 14.8 Å². The van der Waals surface area contributed by atoms with Crippen molar-refractivity contribution in [3.05, 3.63) is 23.8 Å². The second-order valence-corrected chi connectivity index (χ2v) is 5.28.